The third kappa shape index (κ3) is 5.12. The van der Waals surface area contributed by atoms with E-state index in [2.05, 4.69) is 15.7 Å². The smallest absolute Gasteiger partial charge is 0.374 e. The molecule has 0 saturated carbocycles. The summed E-state index contributed by atoms with van der Waals surface area (Å²) in [7, 11) is 0. The van der Waals surface area contributed by atoms with Crippen molar-refractivity contribution in [2.24, 2.45) is 0 Å². The first kappa shape index (κ1) is 21.9. The van der Waals surface area contributed by atoms with E-state index >= 15 is 0 Å². The molecule has 1 atom stereocenters. The standard InChI is InChI=1S/C23H22N4O6/c1-2-31-22(29)19-17(25-23(30)26-20(19)15-7-4-3-5-8-15)14-32-21(28)18-10-9-16(33-18)13-27-12-6-11-24-27/h3-12,20H,2,13-14H2,1H3,(H2,25,26,30). The van der Waals surface area contributed by atoms with Gasteiger partial charge in [-0.05, 0) is 30.7 Å². The molecule has 0 saturated heterocycles. The van der Waals surface area contributed by atoms with Gasteiger partial charge >= 0.3 is 18.0 Å². The first-order chi connectivity index (χ1) is 16.0. The van der Waals surface area contributed by atoms with E-state index < -0.39 is 24.0 Å². The number of rotatable bonds is 8. The normalized spacial score (nSPS) is 15.5. The maximum absolute atomic E-state index is 12.7. The van der Waals surface area contributed by atoms with Crippen molar-refractivity contribution in [3.8, 4) is 0 Å². The molecule has 33 heavy (non-hydrogen) atoms. The number of nitrogens with one attached hydrogen (secondary N) is 2. The summed E-state index contributed by atoms with van der Waals surface area (Å²) < 4.78 is 17.7. The summed E-state index contributed by atoms with van der Waals surface area (Å²) in [5, 5.41) is 9.36. The molecule has 2 aromatic heterocycles. The summed E-state index contributed by atoms with van der Waals surface area (Å²) in [6.45, 7) is 1.84. The molecular weight excluding hydrogens is 428 g/mol. The number of nitrogens with zero attached hydrogens (tertiary/aromatic N) is 2. The first-order valence-corrected chi connectivity index (χ1v) is 10.3. The fraction of sp³-hybridized carbons (Fsp3) is 0.217. The van der Waals surface area contributed by atoms with Crippen molar-refractivity contribution in [1.82, 2.24) is 20.4 Å². The fourth-order valence-corrected chi connectivity index (χ4v) is 3.41. The van der Waals surface area contributed by atoms with Gasteiger partial charge in [-0.1, -0.05) is 30.3 Å². The molecule has 0 fully saturated rings. The van der Waals surface area contributed by atoms with Gasteiger partial charge in [-0.25, -0.2) is 14.4 Å². The second-order valence-electron chi connectivity index (χ2n) is 7.10. The molecule has 170 valence electrons. The minimum absolute atomic E-state index is 0.00434. The van der Waals surface area contributed by atoms with Crippen LogP contribution in [0.5, 0.6) is 0 Å². The van der Waals surface area contributed by atoms with Crippen molar-refractivity contribution < 1.29 is 28.3 Å². The highest BCUT2D eigenvalue weighted by atomic mass is 16.5. The number of ether oxygens (including phenoxy) is 2. The molecule has 0 radical (unpaired) electrons. The predicted molar refractivity (Wildman–Crippen MR) is 115 cm³/mol. The Morgan fingerprint density at radius 3 is 2.64 bits per heavy atom. The molecule has 2 N–H and O–H groups in total. The highest BCUT2D eigenvalue weighted by Gasteiger charge is 2.34. The summed E-state index contributed by atoms with van der Waals surface area (Å²) in [6, 6.07) is 12.6. The third-order valence-corrected chi connectivity index (χ3v) is 4.87. The molecule has 10 nitrogen and oxygen atoms in total. The Labute approximate surface area is 189 Å². The second-order valence-corrected chi connectivity index (χ2v) is 7.10. The minimum atomic E-state index is -0.753. The summed E-state index contributed by atoms with van der Waals surface area (Å²) in [4.78, 5) is 37.5. The summed E-state index contributed by atoms with van der Waals surface area (Å²) >= 11 is 0. The molecule has 0 aliphatic carbocycles. The number of hydrogen-bond donors (Lipinski definition) is 2. The number of hydrogen-bond acceptors (Lipinski definition) is 7. The Morgan fingerprint density at radius 2 is 1.91 bits per heavy atom. The van der Waals surface area contributed by atoms with Gasteiger partial charge in [0, 0.05) is 12.4 Å². The highest BCUT2D eigenvalue weighted by molar-refractivity contribution is 5.95. The number of urea groups is 1. The predicted octanol–water partition coefficient (Wildman–Crippen LogP) is 2.55. The van der Waals surface area contributed by atoms with E-state index in [0.29, 0.717) is 17.9 Å². The van der Waals surface area contributed by atoms with Crippen LogP contribution in [0.15, 0.2) is 76.6 Å². The number of carbonyl (C=O) groups is 3. The molecule has 3 heterocycles. The van der Waals surface area contributed by atoms with Crippen LogP contribution in [0.2, 0.25) is 0 Å². The fourth-order valence-electron chi connectivity index (χ4n) is 3.41. The lowest BCUT2D eigenvalue weighted by atomic mass is 9.95. The largest absolute Gasteiger partial charge is 0.463 e. The van der Waals surface area contributed by atoms with Gasteiger partial charge < -0.3 is 24.5 Å². The summed E-state index contributed by atoms with van der Waals surface area (Å²) in [5.74, 6) is -0.836. The highest BCUT2D eigenvalue weighted by Crippen LogP contribution is 2.28. The van der Waals surface area contributed by atoms with E-state index in [1.54, 1.807) is 60.4 Å². The van der Waals surface area contributed by atoms with E-state index in [9.17, 15) is 14.4 Å². The number of esters is 2. The monoisotopic (exact) mass is 450 g/mol. The third-order valence-electron chi connectivity index (χ3n) is 4.87. The van der Waals surface area contributed by atoms with Crippen LogP contribution < -0.4 is 10.6 Å². The average molecular weight is 450 g/mol. The van der Waals surface area contributed by atoms with Crippen LogP contribution in [0.3, 0.4) is 0 Å². The maximum atomic E-state index is 12.7. The minimum Gasteiger partial charge on any atom is -0.463 e. The van der Waals surface area contributed by atoms with Gasteiger partial charge in [0.1, 0.15) is 12.4 Å². The molecular formula is C23H22N4O6. The number of benzene rings is 1. The lowest BCUT2D eigenvalue weighted by Gasteiger charge is -2.29. The number of aromatic nitrogens is 2. The molecule has 2 amide bonds. The zero-order chi connectivity index (χ0) is 23.2. The number of carbonyl (C=O) groups excluding carboxylic acids is 3. The van der Waals surface area contributed by atoms with Crippen molar-refractivity contribution >= 4 is 18.0 Å². The Bertz CT molecular complexity index is 1170. The zero-order valence-electron chi connectivity index (χ0n) is 17.8. The van der Waals surface area contributed by atoms with Crippen molar-refractivity contribution in [2.75, 3.05) is 13.2 Å². The van der Waals surface area contributed by atoms with Crippen LogP contribution in [0, 0.1) is 0 Å². The van der Waals surface area contributed by atoms with E-state index in [4.69, 9.17) is 13.9 Å². The van der Waals surface area contributed by atoms with Crippen molar-refractivity contribution in [3.05, 3.63) is 89.3 Å². The molecule has 1 aliphatic heterocycles. The van der Waals surface area contributed by atoms with Crippen LogP contribution in [-0.4, -0.2) is 41.0 Å². The van der Waals surface area contributed by atoms with Crippen molar-refractivity contribution in [1.29, 1.82) is 0 Å². The lowest BCUT2D eigenvalue weighted by molar-refractivity contribution is -0.139. The summed E-state index contributed by atoms with van der Waals surface area (Å²) in [6.07, 6.45) is 3.41. The molecule has 4 rings (SSSR count). The lowest BCUT2D eigenvalue weighted by Crippen LogP contribution is -2.47. The van der Waals surface area contributed by atoms with Gasteiger partial charge in [-0.15, -0.1) is 0 Å². The molecule has 1 aromatic carbocycles. The molecule has 1 aliphatic rings. The number of furan rings is 1. The SMILES string of the molecule is CCOC(=O)C1=C(COC(=O)c2ccc(Cn3cccn3)o2)NC(=O)NC1c1ccccc1. The van der Waals surface area contributed by atoms with Crippen molar-refractivity contribution in [2.45, 2.75) is 19.5 Å². The average Bonchev–Trinajstić information content (AvgIpc) is 3.50. The van der Waals surface area contributed by atoms with Crippen LogP contribution in [0.4, 0.5) is 4.79 Å². The van der Waals surface area contributed by atoms with E-state index in [1.807, 2.05) is 6.07 Å². The van der Waals surface area contributed by atoms with Gasteiger partial charge in [0.25, 0.3) is 0 Å². The van der Waals surface area contributed by atoms with Crippen LogP contribution in [0.25, 0.3) is 0 Å². The van der Waals surface area contributed by atoms with Gasteiger partial charge in [0.15, 0.2) is 0 Å². The first-order valence-electron chi connectivity index (χ1n) is 10.3. The second kappa shape index (κ2) is 9.86. The van der Waals surface area contributed by atoms with Crippen LogP contribution >= 0.6 is 0 Å². The number of amides is 2. The van der Waals surface area contributed by atoms with Gasteiger partial charge in [-0.2, -0.15) is 5.10 Å². The van der Waals surface area contributed by atoms with Gasteiger partial charge in [0.05, 0.1) is 30.5 Å². The van der Waals surface area contributed by atoms with Crippen molar-refractivity contribution in [3.63, 3.8) is 0 Å². The van der Waals surface area contributed by atoms with Gasteiger partial charge in [-0.3, -0.25) is 4.68 Å². The Balaban J connectivity index is 1.53. The van der Waals surface area contributed by atoms with E-state index in [-0.39, 0.29) is 30.2 Å². The van der Waals surface area contributed by atoms with E-state index in [1.165, 1.54) is 6.07 Å². The maximum Gasteiger partial charge on any atom is 0.374 e. The van der Waals surface area contributed by atoms with E-state index in [0.717, 1.165) is 0 Å². The molecule has 0 spiro atoms. The van der Waals surface area contributed by atoms with Crippen LogP contribution in [0.1, 0.15) is 34.8 Å². The Hall–Kier alpha value is -4.34. The molecule has 0 bridgehead atoms. The molecule has 3 aromatic rings. The van der Waals surface area contributed by atoms with Crippen LogP contribution in [-0.2, 0) is 20.8 Å². The topological polar surface area (TPSA) is 125 Å². The molecule has 10 heteroatoms. The Kier molecular flexibility index (Phi) is 6.53. The summed E-state index contributed by atoms with van der Waals surface area (Å²) in [5.41, 5.74) is 0.991. The molecule has 1 unspecified atom stereocenters. The van der Waals surface area contributed by atoms with Gasteiger partial charge in [0.2, 0.25) is 5.76 Å². The zero-order valence-corrected chi connectivity index (χ0v) is 17.8. The quantitative estimate of drug-likeness (QED) is 0.505. The Morgan fingerprint density at radius 1 is 1.09 bits per heavy atom.